The molecule has 0 bridgehead atoms. The number of fused-ring (bicyclic) bond motifs is 1. The molecule has 1 aromatic heterocycles. The molecule has 1 N–H and O–H groups in total. The van der Waals surface area contributed by atoms with Crippen LogP contribution in [0, 0.1) is 6.92 Å². The number of aliphatic hydroxyl groups is 1. The van der Waals surface area contributed by atoms with E-state index in [1.807, 2.05) is 0 Å². The molecule has 0 amide bonds. The number of rotatable bonds is 4. The van der Waals surface area contributed by atoms with Crippen molar-refractivity contribution in [3.8, 4) is 6.01 Å². The average molecular weight is 316 g/mol. The summed E-state index contributed by atoms with van der Waals surface area (Å²) in [5, 5.41) is 9.39. The minimum atomic E-state index is -0.781. The largest absolute Gasteiger partial charge is 0.461 e. The van der Waals surface area contributed by atoms with Gasteiger partial charge in [-0.3, -0.25) is 4.90 Å². The highest BCUT2D eigenvalue weighted by Gasteiger charge is 2.49. The Labute approximate surface area is 128 Å². The number of nitrogens with zero attached hydrogens (tertiary/aromatic N) is 3. The molecule has 0 aliphatic carbocycles. The summed E-state index contributed by atoms with van der Waals surface area (Å²) in [6.45, 7) is 3.34. The number of aryl methyl sites for hydroxylation is 1. The molecule has 0 aromatic carbocycles. The van der Waals surface area contributed by atoms with Crippen LogP contribution in [-0.2, 0) is 6.61 Å². The molecule has 2 aliphatic heterocycles. The predicted octanol–water partition coefficient (Wildman–Crippen LogP) is 1.89. The van der Waals surface area contributed by atoms with Gasteiger partial charge in [0.2, 0.25) is 0 Å². The first kappa shape index (κ1) is 14.9. The van der Waals surface area contributed by atoms with Crippen LogP contribution in [0.15, 0.2) is 0 Å². The van der Waals surface area contributed by atoms with Crippen LogP contribution in [0.4, 0.5) is 4.39 Å². The molecule has 0 radical (unpaired) electrons. The van der Waals surface area contributed by atoms with Crippen LogP contribution in [0.2, 0.25) is 5.15 Å². The van der Waals surface area contributed by atoms with Crippen molar-refractivity contribution in [2.75, 3.05) is 19.7 Å². The average Bonchev–Trinajstić information content (AvgIpc) is 2.92. The van der Waals surface area contributed by atoms with Crippen LogP contribution < -0.4 is 4.74 Å². The van der Waals surface area contributed by atoms with E-state index in [4.69, 9.17) is 16.3 Å². The smallest absolute Gasteiger partial charge is 0.318 e. The van der Waals surface area contributed by atoms with Crippen molar-refractivity contribution in [1.82, 2.24) is 14.9 Å². The van der Waals surface area contributed by atoms with Gasteiger partial charge in [-0.1, -0.05) is 11.6 Å². The van der Waals surface area contributed by atoms with Gasteiger partial charge in [0.15, 0.2) is 0 Å². The third-order valence-corrected chi connectivity index (χ3v) is 4.84. The second kappa shape index (κ2) is 5.66. The van der Waals surface area contributed by atoms with E-state index in [-0.39, 0.29) is 23.3 Å². The fraction of sp³-hybridized carbons (Fsp3) is 0.714. The minimum absolute atomic E-state index is 0.193. The summed E-state index contributed by atoms with van der Waals surface area (Å²) in [6.07, 6.45) is 1.74. The van der Waals surface area contributed by atoms with Crippen molar-refractivity contribution in [1.29, 1.82) is 0 Å². The summed E-state index contributed by atoms with van der Waals surface area (Å²) >= 11 is 6.00. The first-order valence-electron chi connectivity index (χ1n) is 7.20. The molecule has 0 unspecified atom stereocenters. The first-order chi connectivity index (χ1) is 10.0. The summed E-state index contributed by atoms with van der Waals surface area (Å²) in [7, 11) is 0. The Morgan fingerprint density at radius 3 is 3.05 bits per heavy atom. The van der Waals surface area contributed by atoms with Crippen LogP contribution >= 0.6 is 11.6 Å². The summed E-state index contributed by atoms with van der Waals surface area (Å²) in [5.74, 6) is 0. The Morgan fingerprint density at radius 1 is 1.52 bits per heavy atom. The van der Waals surface area contributed by atoms with Crippen LogP contribution in [0.1, 0.15) is 30.5 Å². The zero-order valence-electron chi connectivity index (χ0n) is 12.0. The lowest BCUT2D eigenvalue weighted by Gasteiger charge is -2.30. The van der Waals surface area contributed by atoms with Gasteiger partial charge in [0.1, 0.15) is 17.9 Å². The molecule has 3 rings (SSSR count). The molecule has 7 heteroatoms. The van der Waals surface area contributed by atoms with E-state index >= 15 is 0 Å². The van der Waals surface area contributed by atoms with Gasteiger partial charge in [-0.25, -0.2) is 9.37 Å². The van der Waals surface area contributed by atoms with E-state index < -0.39 is 6.17 Å². The van der Waals surface area contributed by atoms with Gasteiger partial charge >= 0.3 is 6.01 Å². The third-order valence-electron chi connectivity index (χ3n) is 4.53. The summed E-state index contributed by atoms with van der Waals surface area (Å²) in [5.41, 5.74) is 0.885. The van der Waals surface area contributed by atoms with Crippen molar-refractivity contribution in [3.63, 3.8) is 0 Å². The Hall–Kier alpha value is -0.980. The van der Waals surface area contributed by atoms with Crippen molar-refractivity contribution in [2.45, 2.75) is 44.5 Å². The van der Waals surface area contributed by atoms with Crippen LogP contribution in [0.5, 0.6) is 6.01 Å². The maximum atomic E-state index is 13.7. The van der Waals surface area contributed by atoms with Crippen molar-refractivity contribution >= 4 is 11.6 Å². The van der Waals surface area contributed by atoms with E-state index in [1.165, 1.54) is 0 Å². The maximum Gasteiger partial charge on any atom is 0.318 e. The summed E-state index contributed by atoms with van der Waals surface area (Å²) < 4.78 is 19.4. The lowest BCUT2D eigenvalue weighted by molar-refractivity contribution is 0.107. The van der Waals surface area contributed by atoms with Crippen molar-refractivity contribution < 1.29 is 14.2 Å². The number of hydrogen-bond donors (Lipinski definition) is 1. The quantitative estimate of drug-likeness (QED) is 0.860. The highest BCUT2D eigenvalue weighted by Crippen LogP contribution is 2.40. The van der Waals surface area contributed by atoms with E-state index in [0.717, 1.165) is 19.4 Å². The second-order valence-corrected chi connectivity index (χ2v) is 6.24. The van der Waals surface area contributed by atoms with Gasteiger partial charge in [-0.05, 0) is 26.3 Å². The molecular formula is C14H19ClFN3O2. The number of aromatic nitrogens is 2. The number of aliphatic hydroxyl groups excluding tert-OH is 1. The molecule has 3 heterocycles. The SMILES string of the molecule is Cc1nc(OC[C@@]23CCCN2C[C@H](F)C3)nc(Cl)c1CO. The lowest BCUT2D eigenvalue weighted by Crippen LogP contribution is -2.43. The summed E-state index contributed by atoms with van der Waals surface area (Å²) in [4.78, 5) is 10.4. The molecule has 21 heavy (non-hydrogen) atoms. The molecule has 2 fully saturated rings. The highest BCUT2D eigenvalue weighted by molar-refractivity contribution is 6.30. The molecule has 1 aromatic rings. The predicted molar refractivity (Wildman–Crippen MR) is 76.2 cm³/mol. The number of alkyl halides is 1. The van der Waals surface area contributed by atoms with Gasteiger partial charge in [0, 0.05) is 18.5 Å². The monoisotopic (exact) mass is 315 g/mol. The van der Waals surface area contributed by atoms with Gasteiger partial charge in [0.25, 0.3) is 0 Å². The molecule has 0 saturated carbocycles. The van der Waals surface area contributed by atoms with E-state index in [9.17, 15) is 9.50 Å². The summed E-state index contributed by atoms with van der Waals surface area (Å²) in [6, 6.07) is 0.193. The standard InChI is InChI=1S/C14H19ClFN3O2/c1-9-11(7-20)12(15)18-13(17-9)21-8-14-3-2-4-19(14)6-10(16)5-14/h10,20H,2-8H2,1H3/t10-,14+/m1/s1. The van der Waals surface area contributed by atoms with Crippen LogP contribution in [0.25, 0.3) is 0 Å². The number of hydrogen-bond acceptors (Lipinski definition) is 5. The third kappa shape index (κ3) is 2.72. The van der Waals surface area contributed by atoms with E-state index in [2.05, 4.69) is 14.9 Å². The van der Waals surface area contributed by atoms with Crippen LogP contribution in [-0.4, -0.2) is 51.4 Å². The van der Waals surface area contributed by atoms with Gasteiger partial charge in [0.05, 0.1) is 17.8 Å². The zero-order chi connectivity index (χ0) is 15.0. The second-order valence-electron chi connectivity index (χ2n) is 5.88. The molecule has 0 spiro atoms. The van der Waals surface area contributed by atoms with Crippen molar-refractivity contribution in [3.05, 3.63) is 16.4 Å². The normalized spacial score (nSPS) is 28.9. The molecule has 2 atom stereocenters. The molecule has 2 saturated heterocycles. The van der Waals surface area contributed by atoms with Crippen molar-refractivity contribution in [2.24, 2.45) is 0 Å². The Kier molecular flexibility index (Phi) is 4.03. The molecule has 116 valence electrons. The van der Waals surface area contributed by atoms with Gasteiger partial charge < -0.3 is 9.84 Å². The number of halogens is 2. The van der Waals surface area contributed by atoms with E-state index in [0.29, 0.717) is 30.8 Å². The molecule has 2 aliphatic rings. The maximum absolute atomic E-state index is 13.7. The fourth-order valence-electron chi connectivity index (χ4n) is 3.43. The zero-order valence-corrected chi connectivity index (χ0v) is 12.7. The fourth-order valence-corrected chi connectivity index (χ4v) is 3.70. The number of ether oxygens (including phenoxy) is 1. The lowest BCUT2D eigenvalue weighted by atomic mass is 9.95. The topological polar surface area (TPSA) is 58.5 Å². The Balaban J connectivity index is 1.73. The van der Waals surface area contributed by atoms with Crippen LogP contribution in [0.3, 0.4) is 0 Å². The minimum Gasteiger partial charge on any atom is -0.461 e. The van der Waals surface area contributed by atoms with E-state index in [1.54, 1.807) is 6.92 Å². The molecular weight excluding hydrogens is 297 g/mol. The molecule has 5 nitrogen and oxygen atoms in total. The highest BCUT2D eigenvalue weighted by atomic mass is 35.5. The Bertz CT molecular complexity index is 522. The van der Waals surface area contributed by atoms with Gasteiger partial charge in [-0.15, -0.1) is 0 Å². The first-order valence-corrected chi connectivity index (χ1v) is 7.58. The van der Waals surface area contributed by atoms with Gasteiger partial charge in [-0.2, -0.15) is 4.98 Å². The Morgan fingerprint density at radius 2 is 2.33 bits per heavy atom.